The Kier molecular flexibility index (Phi) is 6.52. The molecule has 0 aromatic heterocycles. The number of carbonyl (C=O) groups excluding carboxylic acids is 1. The van der Waals surface area contributed by atoms with Crippen molar-refractivity contribution in [3.63, 3.8) is 0 Å². The van der Waals surface area contributed by atoms with Gasteiger partial charge in [-0.05, 0) is 48.1 Å². The Morgan fingerprint density at radius 1 is 1.04 bits per heavy atom. The Morgan fingerprint density at radius 3 is 2.07 bits per heavy atom. The monoisotopic (exact) mass is 404 g/mol. The first-order valence-electron chi connectivity index (χ1n) is 9.04. The fourth-order valence-electron chi connectivity index (χ4n) is 3.14. The molecule has 6 nitrogen and oxygen atoms in total. The van der Waals surface area contributed by atoms with Crippen LogP contribution in [0.4, 0.5) is 0 Å². The first-order chi connectivity index (χ1) is 13.0. The molecule has 0 spiro atoms. The number of hydrogen-bond acceptors (Lipinski definition) is 4. The van der Waals surface area contributed by atoms with Gasteiger partial charge in [-0.3, -0.25) is 4.79 Å². The Hall–Kier alpha value is -2.38. The predicted octanol–water partition coefficient (Wildman–Crippen LogP) is 2.88. The molecular formula is C21H28N2O4S. The quantitative estimate of drug-likeness (QED) is 0.707. The molecule has 152 valence electrons. The zero-order chi connectivity index (χ0) is 21.0. The van der Waals surface area contributed by atoms with Gasteiger partial charge in [-0.1, -0.05) is 51.1 Å². The Morgan fingerprint density at radius 2 is 1.61 bits per heavy atom. The number of aryl methyl sites for hydroxylation is 1. The van der Waals surface area contributed by atoms with Gasteiger partial charge in [0.25, 0.3) is 0 Å². The van der Waals surface area contributed by atoms with Crippen LogP contribution in [0.5, 0.6) is 5.75 Å². The van der Waals surface area contributed by atoms with E-state index >= 15 is 0 Å². The topological polar surface area (TPSA) is 98.5 Å². The van der Waals surface area contributed by atoms with Crippen LogP contribution in [-0.2, 0) is 21.2 Å². The van der Waals surface area contributed by atoms with Gasteiger partial charge >= 0.3 is 0 Å². The number of methoxy groups -OCH3 is 1. The number of rotatable bonds is 8. The summed E-state index contributed by atoms with van der Waals surface area (Å²) in [5.74, 6) is -0.159. The zero-order valence-electron chi connectivity index (χ0n) is 16.7. The number of amides is 1. The second-order valence-corrected chi connectivity index (χ2v) is 9.47. The second kappa shape index (κ2) is 8.32. The van der Waals surface area contributed by atoms with E-state index in [1.54, 1.807) is 32.9 Å². The lowest BCUT2D eigenvalue weighted by atomic mass is 9.70. The predicted molar refractivity (Wildman–Crippen MR) is 109 cm³/mol. The molecule has 7 heteroatoms. The minimum atomic E-state index is -3.98. The number of carbonyl (C=O) groups is 1. The standard InChI is InChI=1S/C21H28N2O4S/c1-20(2,3)21(19(22)24,15-14-16-8-6-5-7-9-16)23-28(25,26)18-12-10-17(27-4)11-13-18/h5-13,23H,14-15H2,1-4H3,(H2,22,24). The van der Waals surface area contributed by atoms with E-state index in [0.717, 1.165) is 5.56 Å². The maximum absolute atomic E-state index is 13.1. The van der Waals surface area contributed by atoms with E-state index in [2.05, 4.69) is 4.72 Å². The SMILES string of the molecule is COc1ccc(S(=O)(=O)NC(CCc2ccccc2)(C(N)=O)C(C)(C)C)cc1. The molecular weight excluding hydrogens is 376 g/mol. The summed E-state index contributed by atoms with van der Waals surface area (Å²) in [6.45, 7) is 5.41. The van der Waals surface area contributed by atoms with E-state index in [-0.39, 0.29) is 11.3 Å². The van der Waals surface area contributed by atoms with Crippen LogP contribution in [0, 0.1) is 5.41 Å². The van der Waals surface area contributed by atoms with Gasteiger partial charge in [0.1, 0.15) is 11.3 Å². The number of primary amides is 1. The maximum atomic E-state index is 13.1. The third-order valence-electron chi connectivity index (χ3n) is 5.01. The fraction of sp³-hybridized carbons (Fsp3) is 0.381. The molecule has 0 aliphatic rings. The van der Waals surface area contributed by atoms with Crippen molar-refractivity contribution in [1.29, 1.82) is 0 Å². The average Bonchev–Trinajstić information content (AvgIpc) is 2.64. The minimum Gasteiger partial charge on any atom is -0.497 e. The molecule has 0 fully saturated rings. The lowest BCUT2D eigenvalue weighted by Gasteiger charge is -2.42. The van der Waals surface area contributed by atoms with E-state index < -0.39 is 26.9 Å². The van der Waals surface area contributed by atoms with Gasteiger partial charge in [0.2, 0.25) is 15.9 Å². The number of ether oxygens (including phenoxy) is 1. The summed E-state index contributed by atoms with van der Waals surface area (Å²) in [4.78, 5) is 12.6. The van der Waals surface area contributed by atoms with Crippen LogP contribution in [0.2, 0.25) is 0 Å². The summed E-state index contributed by atoms with van der Waals surface area (Å²) in [6, 6.07) is 15.6. The highest BCUT2D eigenvalue weighted by atomic mass is 32.2. The van der Waals surface area contributed by atoms with Crippen molar-refractivity contribution in [2.75, 3.05) is 7.11 Å². The summed E-state index contributed by atoms with van der Waals surface area (Å²) >= 11 is 0. The summed E-state index contributed by atoms with van der Waals surface area (Å²) < 4.78 is 33.8. The van der Waals surface area contributed by atoms with E-state index in [9.17, 15) is 13.2 Å². The highest BCUT2D eigenvalue weighted by Gasteiger charge is 2.49. The fourth-order valence-corrected chi connectivity index (χ4v) is 4.72. The van der Waals surface area contributed by atoms with Gasteiger partial charge in [0, 0.05) is 0 Å². The van der Waals surface area contributed by atoms with Gasteiger partial charge in [-0.25, -0.2) is 8.42 Å². The molecule has 0 aliphatic heterocycles. The third-order valence-corrected chi connectivity index (χ3v) is 6.52. The summed E-state index contributed by atoms with van der Waals surface area (Å²) in [7, 11) is -2.48. The van der Waals surface area contributed by atoms with Crippen molar-refractivity contribution in [2.45, 2.75) is 44.0 Å². The maximum Gasteiger partial charge on any atom is 0.241 e. The highest BCUT2D eigenvalue weighted by molar-refractivity contribution is 7.89. The van der Waals surface area contributed by atoms with Gasteiger partial charge < -0.3 is 10.5 Å². The van der Waals surface area contributed by atoms with Crippen LogP contribution in [-0.4, -0.2) is 27.0 Å². The molecule has 0 bridgehead atoms. The van der Waals surface area contributed by atoms with E-state index in [1.165, 1.54) is 19.2 Å². The number of nitrogens with two attached hydrogens (primary N) is 1. The third kappa shape index (κ3) is 4.72. The zero-order valence-corrected chi connectivity index (χ0v) is 17.5. The molecule has 0 radical (unpaired) electrons. The first-order valence-corrected chi connectivity index (χ1v) is 10.5. The molecule has 0 saturated heterocycles. The minimum absolute atomic E-state index is 0.0443. The summed E-state index contributed by atoms with van der Waals surface area (Å²) in [5, 5.41) is 0. The van der Waals surface area contributed by atoms with Crippen molar-refractivity contribution in [2.24, 2.45) is 11.1 Å². The molecule has 1 amide bonds. The van der Waals surface area contributed by atoms with Crippen molar-refractivity contribution >= 4 is 15.9 Å². The molecule has 0 aliphatic carbocycles. The molecule has 0 saturated carbocycles. The number of benzene rings is 2. The van der Waals surface area contributed by atoms with Crippen LogP contribution in [0.1, 0.15) is 32.8 Å². The molecule has 28 heavy (non-hydrogen) atoms. The van der Waals surface area contributed by atoms with Crippen molar-refractivity contribution in [3.8, 4) is 5.75 Å². The lowest BCUT2D eigenvalue weighted by Crippen LogP contribution is -2.64. The van der Waals surface area contributed by atoms with Crippen molar-refractivity contribution in [3.05, 3.63) is 60.2 Å². The van der Waals surface area contributed by atoms with E-state index in [0.29, 0.717) is 12.2 Å². The van der Waals surface area contributed by atoms with Crippen molar-refractivity contribution in [1.82, 2.24) is 4.72 Å². The number of nitrogens with one attached hydrogen (secondary N) is 1. The Labute approximate surface area is 167 Å². The summed E-state index contributed by atoms with van der Waals surface area (Å²) in [6.07, 6.45) is 0.747. The molecule has 1 unspecified atom stereocenters. The van der Waals surface area contributed by atoms with Gasteiger partial charge in [-0.2, -0.15) is 4.72 Å². The largest absolute Gasteiger partial charge is 0.497 e. The lowest BCUT2D eigenvalue weighted by molar-refractivity contribution is -0.128. The summed E-state index contributed by atoms with van der Waals surface area (Å²) in [5.41, 5.74) is 4.57. The van der Waals surface area contributed by atoms with Crippen molar-refractivity contribution < 1.29 is 17.9 Å². The number of hydrogen-bond donors (Lipinski definition) is 2. The number of sulfonamides is 1. The van der Waals surface area contributed by atoms with Crippen LogP contribution in [0.3, 0.4) is 0 Å². The molecule has 3 N–H and O–H groups in total. The molecule has 2 aromatic rings. The average molecular weight is 405 g/mol. The normalized spacial score (nSPS) is 14.3. The van der Waals surface area contributed by atoms with Gasteiger partial charge in [0.15, 0.2) is 0 Å². The first kappa shape index (κ1) is 21.9. The molecule has 0 heterocycles. The molecule has 1 atom stereocenters. The Balaban J connectivity index is 2.41. The highest BCUT2D eigenvalue weighted by Crippen LogP contribution is 2.36. The van der Waals surface area contributed by atoms with Gasteiger partial charge in [-0.15, -0.1) is 0 Å². The van der Waals surface area contributed by atoms with E-state index in [1.807, 2.05) is 30.3 Å². The molecule has 2 aromatic carbocycles. The smallest absolute Gasteiger partial charge is 0.241 e. The van der Waals surface area contributed by atoms with Crippen LogP contribution >= 0.6 is 0 Å². The van der Waals surface area contributed by atoms with Crippen LogP contribution < -0.4 is 15.2 Å². The Bertz CT molecular complexity index is 904. The second-order valence-electron chi connectivity index (χ2n) is 7.79. The van der Waals surface area contributed by atoms with Crippen LogP contribution in [0.15, 0.2) is 59.5 Å². The molecule has 2 rings (SSSR count). The van der Waals surface area contributed by atoms with E-state index in [4.69, 9.17) is 10.5 Å². The van der Waals surface area contributed by atoms with Gasteiger partial charge in [0.05, 0.1) is 12.0 Å². The van der Waals surface area contributed by atoms with Crippen LogP contribution in [0.25, 0.3) is 0 Å².